The van der Waals surface area contributed by atoms with Crippen LogP contribution in [-0.4, -0.2) is 28.8 Å². The van der Waals surface area contributed by atoms with E-state index in [4.69, 9.17) is 9.26 Å². The summed E-state index contributed by atoms with van der Waals surface area (Å²) in [7, 11) is 0. The first-order valence-corrected chi connectivity index (χ1v) is 6.78. The first kappa shape index (κ1) is 17.2. The minimum absolute atomic E-state index is 0.200. The molecule has 6 heteroatoms. The number of hydrogen-bond acceptors (Lipinski definition) is 5. The number of carbonyl (C=O) groups is 2. The number of nitrogens with zero attached hydrogens (tertiary/aromatic N) is 1. The van der Waals surface area contributed by atoms with Crippen molar-refractivity contribution in [2.45, 2.75) is 47.5 Å². The molecule has 1 N–H and O–H groups in total. The predicted octanol–water partition coefficient (Wildman–Crippen LogP) is 2.77. The highest BCUT2D eigenvalue weighted by atomic mass is 16.5. The number of esters is 1. The van der Waals surface area contributed by atoms with Gasteiger partial charge in [-0.3, -0.25) is 9.59 Å². The van der Waals surface area contributed by atoms with Gasteiger partial charge in [0.05, 0.1) is 17.7 Å². The standard InChI is InChI=1S/C15H23NO5/c1-9-7-10(21-16-9)11(15(5,6)13(18)19)12(17)20-8-14(2,3)4/h7,11H,8H2,1-6H3,(H,18,19). The molecule has 1 atom stereocenters. The van der Waals surface area contributed by atoms with Crippen molar-refractivity contribution in [3.63, 3.8) is 0 Å². The zero-order valence-corrected chi connectivity index (χ0v) is 13.4. The van der Waals surface area contributed by atoms with Crippen LogP contribution >= 0.6 is 0 Å². The van der Waals surface area contributed by atoms with Crippen LogP contribution in [0.3, 0.4) is 0 Å². The third-order valence-corrected chi connectivity index (χ3v) is 3.09. The zero-order chi connectivity index (χ0) is 16.4. The van der Waals surface area contributed by atoms with Gasteiger partial charge in [-0.25, -0.2) is 0 Å². The van der Waals surface area contributed by atoms with Crippen molar-refractivity contribution in [3.05, 3.63) is 17.5 Å². The third kappa shape index (κ3) is 4.31. The van der Waals surface area contributed by atoms with Crippen LogP contribution < -0.4 is 0 Å². The Balaban J connectivity index is 3.09. The zero-order valence-electron chi connectivity index (χ0n) is 13.4. The largest absolute Gasteiger partial charge is 0.481 e. The fourth-order valence-electron chi connectivity index (χ4n) is 1.78. The maximum Gasteiger partial charge on any atom is 0.317 e. The van der Waals surface area contributed by atoms with Crippen LogP contribution in [-0.2, 0) is 14.3 Å². The van der Waals surface area contributed by atoms with E-state index in [0.29, 0.717) is 5.69 Å². The van der Waals surface area contributed by atoms with Gasteiger partial charge in [0.15, 0.2) is 5.76 Å². The van der Waals surface area contributed by atoms with E-state index in [2.05, 4.69) is 5.16 Å². The lowest BCUT2D eigenvalue weighted by Gasteiger charge is -2.28. The van der Waals surface area contributed by atoms with Crippen LogP contribution in [0.2, 0.25) is 0 Å². The minimum Gasteiger partial charge on any atom is -0.481 e. The number of carbonyl (C=O) groups excluding carboxylic acids is 1. The van der Waals surface area contributed by atoms with Crippen molar-refractivity contribution in [3.8, 4) is 0 Å². The molecule has 0 aliphatic rings. The van der Waals surface area contributed by atoms with Gasteiger partial charge in [-0.05, 0) is 26.2 Å². The molecule has 0 amide bonds. The number of hydrogen-bond donors (Lipinski definition) is 1. The number of aryl methyl sites for hydroxylation is 1. The SMILES string of the molecule is Cc1cc(C(C(=O)OCC(C)(C)C)C(C)(C)C(=O)O)on1. The molecule has 0 aliphatic carbocycles. The van der Waals surface area contributed by atoms with Gasteiger partial charge < -0.3 is 14.4 Å². The lowest BCUT2D eigenvalue weighted by Crippen LogP contribution is -2.37. The van der Waals surface area contributed by atoms with Gasteiger partial charge in [0, 0.05) is 6.07 Å². The van der Waals surface area contributed by atoms with E-state index < -0.39 is 23.3 Å². The number of aromatic nitrogens is 1. The molecule has 0 fully saturated rings. The summed E-state index contributed by atoms with van der Waals surface area (Å²) in [6.45, 7) is 10.6. The molecule has 0 aromatic carbocycles. The number of rotatable bonds is 5. The summed E-state index contributed by atoms with van der Waals surface area (Å²) in [6.07, 6.45) is 0. The predicted molar refractivity (Wildman–Crippen MR) is 75.8 cm³/mol. The molecule has 118 valence electrons. The molecule has 0 saturated carbocycles. The van der Waals surface area contributed by atoms with E-state index in [-0.39, 0.29) is 17.8 Å². The molecular formula is C15H23NO5. The maximum atomic E-state index is 12.4. The Labute approximate surface area is 124 Å². The van der Waals surface area contributed by atoms with E-state index >= 15 is 0 Å². The highest BCUT2D eigenvalue weighted by molar-refractivity contribution is 5.87. The van der Waals surface area contributed by atoms with Gasteiger partial charge in [0.1, 0.15) is 5.92 Å². The van der Waals surface area contributed by atoms with E-state index in [1.807, 2.05) is 20.8 Å². The van der Waals surface area contributed by atoms with E-state index in [1.54, 1.807) is 13.0 Å². The lowest BCUT2D eigenvalue weighted by molar-refractivity contribution is -0.161. The van der Waals surface area contributed by atoms with E-state index in [9.17, 15) is 14.7 Å². The Morgan fingerprint density at radius 1 is 1.33 bits per heavy atom. The fourth-order valence-corrected chi connectivity index (χ4v) is 1.78. The summed E-state index contributed by atoms with van der Waals surface area (Å²) in [5.74, 6) is -2.56. The molecule has 1 unspecified atom stereocenters. The van der Waals surface area contributed by atoms with Crippen LogP contribution in [0.15, 0.2) is 10.6 Å². The van der Waals surface area contributed by atoms with Gasteiger partial charge in [0.2, 0.25) is 0 Å². The highest BCUT2D eigenvalue weighted by Crippen LogP contribution is 2.37. The van der Waals surface area contributed by atoms with E-state index in [0.717, 1.165) is 0 Å². The average molecular weight is 297 g/mol. The lowest BCUT2D eigenvalue weighted by atomic mass is 9.77. The summed E-state index contributed by atoms with van der Waals surface area (Å²) in [5, 5.41) is 13.1. The average Bonchev–Trinajstić information content (AvgIpc) is 2.71. The Hall–Kier alpha value is -1.85. The smallest absolute Gasteiger partial charge is 0.317 e. The van der Waals surface area contributed by atoms with Gasteiger partial charge in [-0.2, -0.15) is 0 Å². The molecule has 1 aromatic rings. The second-order valence-corrected chi connectivity index (χ2v) is 7.00. The summed E-state index contributed by atoms with van der Waals surface area (Å²) >= 11 is 0. The Morgan fingerprint density at radius 3 is 2.29 bits per heavy atom. The summed E-state index contributed by atoms with van der Waals surface area (Å²) < 4.78 is 10.4. The normalized spacial score (nSPS) is 13.8. The molecule has 0 spiro atoms. The number of carboxylic acid groups (broad SMARTS) is 1. The molecular weight excluding hydrogens is 274 g/mol. The first-order chi connectivity index (χ1) is 9.45. The van der Waals surface area contributed by atoms with Crippen LogP contribution in [0.5, 0.6) is 0 Å². The minimum atomic E-state index is -1.36. The third-order valence-electron chi connectivity index (χ3n) is 3.09. The molecule has 6 nitrogen and oxygen atoms in total. The van der Waals surface area contributed by atoms with Crippen LogP contribution in [0.1, 0.15) is 52.0 Å². The van der Waals surface area contributed by atoms with Crippen molar-refractivity contribution in [2.24, 2.45) is 10.8 Å². The molecule has 21 heavy (non-hydrogen) atoms. The van der Waals surface area contributed by atoms with Crippen molar-refractivity contribution < 1.29 is 24.0 Å². The molecule has 1 heterocycles. The second-order valence-electron chi connectivity index (χ2n) is 7.00. The van der Waals surface area contributed by atoms with Crippen molar-refractivity contribution >= 4 is 11.9 Å². The number of carboxylic acids is 1. The summed E-state index contributed by atoms with van der Waals surface area (Å²) in [5.41, 5.74) is -0.980. The molecule has 0 bridgehead atoms. The van der Waals surface area contributed by atoms with Crippen LogP contribution in [0, 0.1) is 17.8 Å². The highest BCUT2D eigenvalue weighted by Gasteiger charge is 2.46. The monoisotopic (exact) mass is 297 g/mol. The molecule has 1 aromatic heterocycles. The molecule has 1 rings (SSSR count). The number of ether oxygens (including phenoxy) is 1. The van der Waals surface area contributed by atoms with Crippen molar-refractivity contribution in [1.82, 2.24) is 5.16 Å². The Morgan fingerprint density at radius 2 is 1.90 bits per heavy atom. The maximum absolute atomic E-state index is 12.4. The molecule has 0 radical (unpaired) electrons. The van der Waals surface area contributed by atoms with Crippen LogP contribution in [0.25, 0.3) is 0 Å². The second kappa shape index (κ2) is 5.87. The van der Waals surface area contributed by atoms with Gasteiger partial charge in [-0.15, -0.1) is 0 Å². The van der Waals surface area contributed by atoms with Crippen molar-refractivity contribution in [2.75, 3.05) is 6.61 Å². The van der Waals surface area contributed by atoms with Crippen LogP contribution in [0.4, 0.5) is 0 Å². The topological polar surface area (TPSA) is 89.6 Å². The van der Waals surface area contributed by atoms with Gasteiger partial charge in [0.25, 0.3) is 0 Å². The quantitative estimate of drug-likeness (QED) is 0.840. The number of aliphatic carboxylic acids is 1. The fraction of sp³-hybridized carbons (Fsp3) is 0.667. The first-order valence-electron chi connectivity index (χ1n) is 6.78. The van der Waals surface area contributed by atoms with Gasteiger partial charge >= 0.3 is 11.9 Å². The Kier molecular flexibility index (Phi) is 4.81. The van der Waals surface area contributed by atoms with Crippen molar-refractivity contribution in [1.29, 1.82) is 0 Å². The summed E-state index contributed by atoms with van der Waals surface area (Å²) in [6, 6.07) is 1.56. The summed E-state index contributed by atoms with van der Waals surface area (Å²) in [4.78, 5) is 23.9. The molecule has 0 saturated heterocycles. The van der Waals surface area contributed by atoms with E-state index in [1.165, 1.54) is 13.8 Å². The van der Waals surface area contributed by atoms with Gasteiger partial charge in [-0.1, -0.05) is 25.9 Å². The molecule has 0 aliphatic heterocycles. The Bertz CT molecular complexity index is 524.